The number of aromatic amines is 1. The fraction of sp³-hybridized carbons (Fsp3) is 0. The number of nitrogens with one attached hydrogen (secondary N) is 2. The minimum absolute atomic E-state index is 0.259. The molecule has 18 heavy (non-hydrogen) atoms. The number of aromatic nitrogens is 6. The number of carbonyl (C=O) groups is 1. The van der Waals surface area contributed by atoms with E-state index in [1.165, 1.54) is 22.3 Å². The summed E-state index contributed by atoms with van der Waals surface area (Å²) < 4.78 is 1.44. The van der Waals surface area contributed by atoms with Gasteiger partial charge in [0.25, 0.3) is 5.91 Å². The summed E-state index contributed by atoms with van der Waals surface area (Å²) in [6.07, 6.45) is 4.63. The molecule has 0 bridgehead atoms. The monoisotopic (exact) mass is 261 g/mol. The highest BCUT2D eigenvalue weighted by atomic mass is 32.1. The van der Waals surface area contributed by atoms with Crippen molar-refractivity contribution in [3.63, 3.8) is 0 Å². The number of tetrazole rings is 1. The van der Waals surface area contributed by atoms with Crippen LogP contribution in [0.3, 0.4) is 0 Å². The van der Waals surface area contributed by atoms with Crippen molar-refractivity contribution in [1.82, 2.24) is 30.2 Å². The molecule has 8 nitrogen and oxygen atoms in total. The standard InChI is InChI=1S/C9H7N7OS/c17-8(13-9-10-2-3-11-9)7-6(1-4-18-7)16-5-12-14-15-16/h1-5H,(H2,10,11,13,17). The Hall–Kier alpha value is -2.55. The van der Waals surface area contributed by atoms with Crippen LogP contribution in [-0.2, 0) is 0 Å². The number of anilines is 1. The van der Waals surface area contributed by atoms with E-state index in [1.54, 1.807) is 23.8 Å². The first-order valence-corrected chi connectivity index (χ1v) is 5.84. The molecule has 1 amide bonds. The first-order chi connectivity index (χ1) is 8.84. The van der Waals surface area contributed by atoms with Crippen LogP contribution in [-0.4, -0.2) is 36.1 Å². The van der Waals surface area contributed by atoms with Crippen LogP contribution in [0.15, 0.2) is 30.2 Å². The number of nitrogens with zero attached hydrogens (tertiary/aromatic N) is 5. The molecule has 3 rings (SSSR count). The fourth-order valence-electron chi connectivity index (χ4n) is 1.42. The van der Waals surface area contributed by atoms with Gasteiger partial charge >= 0.3 is 0 Å². The second-order valence-electron chi connectivity index (χ2n) is 3.28. The van der Waals surface area contributed by atoms with Gasteiger partial charge in [0.1, 0.15) is 11.2 Å². The van der Waals surface area contributed by atoms with E-state index in [9.17, 15) is 4.79 Å². The molecular formula is C9H7N7OS. The Labute approximate surface area is 105 Å². The van der Waals surface area contributed by atoms with Crippen LogP contribution in [0.25, 0.3) is 5.69 Å². The van der Waals surface area contributed by atoms with E-state index >= 15 is 0 Å². The topological polar surface area (TPSA) is 101 Å². The molecule has 3 aromatic heterocycles. The lowest BCUT2D eigenvalue weighted by molar-refractivity contribution is 0.102. The minimum atomic E-state index is -0.259. The molecule has 0 unspecified atom stereocenters. The van der Waals surface area contributed by atoms with Crippen LogP contribution in [0.5, 0.6) is 0 Å². The number of imidazole rings is 1. The van der Waals surface area contributed by atoms with Gasteiger partial charge in [0, 0.05) is 12.4 Å². The van der Waals surface area contributed by atoms with Crippen molar-refractivity contribution in [2.75, 3.05) is 5.32 Å². The van der Waals surface area contributed by atoms with E-state index in [1.807, 2.05) is 0 Å². The van der Waals surface area contributed by atoms with Gasteiger partial charge in [-0.1, -0.05) is 0 Å². The highest BCUT2D eigenvalue weighted by molar-refractivity contribution is 7.12. The van der Waals surface area contributed by atoms with E-state index in [0.717, 1.165) is 0 Å². The number of hydrogen-bond acceptors (Lipinski definition) is 6. The third-order valence-electron chi connectivity index (χ3n) is 2.18. The molecule has 0 aliphatic heterocycles. The van der Waals surface area contributed by atoms with Crippen molar-refractivity contribution in [2.45, 2.75) is 0 Å². The van der Waals surface area contributed by atoms with E-state index in [2.05, 4.69) is 30.8 Å². The van der Waals surface area contributed by atoms with E-state index < -0.39 is 0 Å². The summed E-state index contributed by atoms with van der Waals surface area (Å²) in [6, 6.07) is 1.78. The van der Waals surface area contributed by atoms with Crippen molar-refractivity contribution in [2.24, 2.45) is 0 Å². The summed E-state index contributed by atoms with van der Waals surface area (Å²) in [4.78, 5) is 19.3. The third-order valence-corrected chi connectivity index (χ3v) is 3.08. The maximum Gasteiger partial charge on any atom is 0.270 e. The summed E-state index contributed by atoms with van der Waals surface area (Å²) in [5, 5.41) is 15.3. The van der Waals surface area contributed by atoms with Crippen molar-refractivity contribution >= 4 is 23.2 Å². The normalized spacial score (nSPS) is 10.4. The van der Waals surface area contributed by atoms with E-state index in [-0.39, 0.29) is 5.91 Å². The van der Waals surface area contributed by atoms with Gasteiger partial charge in [0.2, 0.25) is 5.95 Å². The molecule has 9 heteroatoms. The van der Waals surface area contributed by atoms with Gasteiger partial charge in [0.15, 0.2) is 0 Å². The van der Waals surface area contributed by atoms with Gasteiger partial charge in [-0.25, -0.2) is 4.98 Å². The average Bonchev–Trinajstić information content (AvgIpc) is 3.11. The quantitative estimate of drug-likeness (QED) is 0.722. The van der Waals surface area contributed by atoms with Crippen molar-refractivity contribution < 1.29 is 4.79 Å². The second kappa shape index (κ2) is 4.37. The number of rotatable bonds is 3. The Balaban J connectivity index is 1.89. The Morgan fingerprint density at radius 3 is 3.17 bits per heavy atom. The Morgan fingerprint density at radius 1 is 1.50 bits per heavy atom. The number of hydrogen-bond donors (Lipinski definition) is 2. The van der Waals surface area contributed by atoms with Crippen LogP contribution >= 0.6 is 11.3 Å². The minimum Gasteiger partial charge on any atom is -0.331 e. The molecule has 0 aliphatic rings. The van der Waals surface area contributed by atoms with Gasteiger partial charge in [-0.2, -0.15) is 4.68 Å². The third kappa shape index (κ3) is 1.86. The maximum absolute atomic E-state index is 12.0. The summed E-state index contributed by atoms with van der Waals surface area (Å²) in [6.45, 7) is 0. The lowest BCUT2D eigenvalue weighted by atomic mass is 10.4. The Morgan fingerprint density at radius 2 is 2.44 bits per heavy atom. The van der Waals surface area contributed by atoms with Crippen LogP contribution in [0.2, 0.25) is 0 Å². The number of carbonyl (C=O) groups excluding carboxylic acids is 1. The number of thiophene rings is 1. The summed E-state index contributed by atoms with van der Waals surface area (Å²) >= 11 is 1.31. The molecule has 0 saturated carbocycles. The summed E-state index contributed by atoms with van der Waals surface area (Å²) in [5.74, 6) is 0.140. The molecule has 0 spiro atoms. The lowest BCUT2D eigenvalue weighted by Crippen LogP contribution is -2.14. The summed E-state index contributed by atoms with van der Waals surface area (Å²) in [5.41, 5.74) is 0.633. The second-order valence-corrected chi connectivity index (χ2v) is 4.20. The van der Waals surface area contributed by atoms with Crippen molar-refractivity contribution in [1.29, 1.82) is 0 Å². The molecule has 0 saturated heterocycles. The molecule has 0 aromatic carbocycles. The Bertz CT molecular complexity index is 642. The molecule has 90 valence electrons. The van der Waals surface area contributed by atoms with Crippen LogP contribution in [0.4, 0.5) is 5.95 Å². The first-order valence-electron chi connectivity index (χ1n) is 4.96. The average molecular weight is 261 g/mol. The molecule has 2 N–H and O–H groups in total. The van der Waals surface area contributed by atoms with Crippen LogP contribution in [0, 0.1) is 0 Å². The number of amides is 1. The molecule has 0 atom stereocenters. The molecule has 0 radical (unpaired) electrons. The molecule has 3 aromatic rings. The molecule has 0 aliphatic carbocycles. The Kier molecular flexibility index (Phi) is 2.57. The van der Waals surface area contributed by atoms with E-state index in [4.69, 9.17) is 0 Å². The molecule has 0 fully saturated rings. The van der Waals surface area contributed by atoms with Gasteiger partial charge in [-0.05, 0) is 21.9 Å². The van der Waals surface area contributed by atoms with Gasteiger partial charge in [0.05, 0.1) is 5.69 Å². The highest BCUT2D eigenvalue weighted by Gasteiger charge is 2.16. The fourth-order valence-corrected chi connectivity index (χ4v) is 2.20. The largest absolute Gasteiger partial charge is 0.331 e. The highest BCUT2D eigenvalue weighted by Crippen LogP contribution is 2.20. The van der Waals surface area contributed by atoms with E-state index in [0.29, 0.717) is 16.5 Å². The zero-order valence-corrected chi connectivity index (χ0v) is 9.76. The molecule has 3 heterocycles. The smallest absolute Gasteiger partial charge is 0.270 e. The van der Waals surface area contributed by atoms with Crippen LogP contribution < -0.4 is 5.32 Å². The first kappa shape index (κ1) is 10.6. The van der Waals surface area contributed by atoms with Gasteiger partial charge in [-0.15, -0.1) is 16.4 Å². The SMILES string of the molecule is O=C(Nc1ncc[nH]1)c1sccc1-n1cnnn1. The number of H-pyrrole nitrogens is 1. The maximum atomic E-state index is 12.0. The van der Waals surface area contributed by atoms with Gasteiger partial charge < -0.3 is 4.98 Å². The van der Waals surface area contributed by atoms with Crippen LogP contribution in [0.1, 0.15) is 9.67 Å². The van der Waals surface area contributed by atoms with Gasteiger partial charge in [-0.3, -0.25) is 10.1 Å². The zero-order valence-electron chi connectivity index (χ0n) is 8.94. The zero-order chi connectivity index (χ0) is 12.4. The van der Waals surface area contributed by atoms with Crippen molar-refractivity contribution in [3.8, 4) is 5.69 Å². The predicted molar refractivity (Wildman–Crippen MR) is 63.6 cm³/mol. The summed E-state index contributed by atoms with van der Waals surface area (Å²) in [7, 11) is 0. The predicted octanol–water partition coefficient (Wildman–Crippen LogP) is 0.699. The van der Waals surface area contributed by atoms with Crippen molar-refractivity contribution in [3.05, 3.63) is 35.0 Å². The lowest BCUT2D eigenvalue weighted by Gasteiger charge is -2.02. The molecular weight excluding hydrogens is 254 g/mol.